The van der Waals surface area contributed by atoms with Gasteiger partial charge in [0, 0.05) is 43.6 Å². The Morgan fingerprint density at radius 3 is 1.61 bits per heavy atom. The Bertz CT molecular complexity index is 1190. The van der Waals surface area contributed by atoms with Crippen LogP contribution in [-0.4, -0.2) is 9.97 Å². The van der Waals surface area contributed by atoms with Crippen molar-refractivity contribution < 1.29 is 4.74 Å². The summed E-state index contributed by atoms with van der Waals surface area (Å²) in [6.07, 6.45) is 3.67. The predicted octanol–water partition coefficient (Wildman–Crippen LogP) is 6.47. The van der Waals surface area contributed by atoms with Gasteiger partial charge in [-0.05, 0) is 56.1 Å². The highest BCUT2D eigenvalue weighted by Crippen LogP contribution is 2.61. The summed E-state index contributed by atoms with van der Waals surface area (Å²) >= 11 is 7.26. The van der Waals surface area contributed by atoms with E-state index in [4.69, 9.17) is 14.7 Å². The van der Waals surface area contributed by atoms with Gasteiger partial charge < -0.3 is 4.74 Å². The molecule has 0 N–H and O–H groups in total. The first-order chi connectivity index (χ1) is 13.7. The molecule has 1 aliphatic carbocycles. The minimum Gasteiger partial charge on any atom is -0.457 e. The SMILES string of the molecule is Brc1cnc2c(c1)C1(c3ccccc3Oc3ccccc31)c1cc(Br)cnc1-2. The number of benzene rings is 2. The fourth-order valence-corrected chi connectivity index (χ4v) is 5.21. The molecule has 2 aliphatic rings. The van der Waals surface area contributed by atoms with E-state index in [1.54, 1.807) is 0 Å². The Morgan fingerprint density at radius 1 is 0.643 bits per heavy atom. The summed E-state index contributed by atoms with van der Waals surface area (Å²) in [5.41, 5.74) is 5.75. The van der Waals surface area contributed by atoms with Crippen molar-refractivity contribution in [3.63, 3.8) is 0 Å². The topological polar surface area (TPSA) is 35.0 Å². The molecule has 0 saturated heterocycles. The molecule has 0 unspecified atom stereocenters. The number of rotatable bonds is 0. The van der Waals surface area contributed by atoms with Crippen molar-refractivity contribution in [3.05, 3.63) is 104 Å². The summed E-state index contributed by atoms with van der Waals surface area (Å²) in [4.78, 5) is 9.52. The van der Waals surface area contributed by atoms with E-state index in [0.29, 0.717) is 0 Å². The lowest BCUT2D eigenvalue weighted by Crippen LogP contribution is -2.32. The number of halogens is 2. The third-order valence-corrected chi connectivity index (χ3v) is 6.41. The van der Waals surface area contributed by atoms with E-state index >= 15 is 0 Å². The molecular weight excluding hydrogens is 480 g/mol. The molecule has 6 rings (SSSR count). The highest BCUT2D eigenvalue weighted by Gasteiger charge is 2.52. The van der Waals surface area contributed by atoms with Crippen molar-refractivity contribution in [2.24, 2.45) is 0 Å². The number of para-hydroxylation sites is 2. The predicted molar refractivity (Wildman–Crippen MR) is 115 cm³/mol. The van der Waals surface area contributed by atoms with Gasteiger partial charge in [-0.2, -0.15) is 0 Å². The van der Waals surface area contributed by atoms with Crippen molar-refractivity contribution in [1.29, 1.82) is 0 Å². The van der Waals surface area contributed by atoms with Crippen LogP contribution in [0.4, 0.5) is 0 Å². The minimum atomic E-state index is -0.524. The molecule has 0 fully saturated rings. The summed E-state index contributed by atoms with van der Waals surface area (Å²) in [5.74, 6) is 1.72. The van der Waals surface area contributed by atoms with Crippen LogP contribution < -0.4 is 4.74 Å². The van der Waals surface area contributed by atoms with Gasteiger partial charge in [-0.1, -0.05) is 36.4 Å². The molecule has 1 aliphatic heterocycles. The number of aromatic nitrogens is 2. The second-order valence-corrected chi connectivity index (χ2v) is 8.78. The Balaban J connectivity index is 1.87. The standard InChI is InChI=1S/C23H12Br2N2O/c24-13-9-17-21(26-11-13)22-18(10-14(25)12-27-22)23(17)15-5-1-3-7-19(15)28-20-8-4-2-6-16(20)23/h1-12H. The molecule has 134 valence electrons. The number of pyridine rings is 2. The number of ether oxygens (including phenoxy) is 1. The molecular formula is C23H12Br2N2O. The zero-order chi connectivity index (χ0) is 18.9. The van der Waals surface area contributed by atoms with Gasteiger partial charge in [0.15, 0.2) is 0 Å². The molecule has 28 heavy (non-hydrogen) atoms. The molecule has 2 aromatic heterocycles. The van der Waals surface area contributed by atoms with Crippen molar-refractivity contribution in [1.82, 2.24) is 9.97 Å². The first kappa shape index (κ1) is 16.5. The van der Waals surface area contributed by atoms with Crippen LogP contribution in [0.5, 0.6) is 11.5 Å². The zero-order valence-corrected chi connectivity index (χ0v) is 17.7. The van der Waals surface area contributed by atoms with Crippen molar-refractivity contribution in [2.45, 2.75) is 5.41 Å². The van der Waals surface area contributed by atoms with Crippen LogP contribution in [0.15, 0.2) is 82.0 Å². The second-order valence-electron chi connectivity index (χ2n) is 6.94. The smallest absolute Gasteiger partial charge is 0.132 e. The summed E-state index contributed by atoms with van der Waals surface area (Å²) in [6.45, 7) is 0. The van der Waals surface area contributed by atoms with Gasteiger partial charge >= 0.3 is 0 Å². The van der Waals surface area contributed by atoms with Gasteiger partial charge in [0.25, 0.3) is 0 Å². The minimum absolute atomic E-state index is 0.524. The summed E-state index contributed by atoms with van der Waals surface area (Å²) in [6, 6.07) is 20.8. The van der Waals surface area contributed by atoms with Crippen molar-refractivity contribution >= 4 is 31.9 Å². The quantitative estimate of drug-likeness (QED) is 0.244. The summed E-state index contributed by atoms with van der Waals surface area (Å²) in [7, 11) is 0. The molecule has 0 radical (unpaired) electrons. The largest absolute Gasteiger partial charge is 0.457 e. The van der Waals surface area contributed by atoms with Crippen LogP contribution in [0.2, 0.25) is 0 Å². The van der Waals surface area contributed by atoms with Crippen LogP contribution >= 0.6 is 31.9 Å². The van der Waals surface area contributed by atoms with Crippen LogP contribution in [0.3, 0.4) is 0 Å². The maximum Gasteiger partial charge on any atom is 0.132 e. The Labute approximate surface area is 178 Å². The van der Waals surface area contributed by atoms with E-state index in [9.17, 15) is 0 Å². The molecule has 0 bridgehead atoms. The Morgan fingerprint density at radius 2 is 1.11 bits per heavy atom. The van der Waals surface area contributed by atoms with Crippen LogP contribution in [0.1, 0.15) is 22.3 Å². The van der Waals surface area contributed by atoms with E-state index in [1.807, 2.05) is 36.7 Å². The number of nitrogens with zero attached hydrogens (tertiary/aromatic N) is 2. The molecule has 0 atom stereocenters. The van der Waals surface area contributed by atoms with E-state index in [1.165, 1.54) is 0 Å². The molecule has 0 saturated carbocycles. The van der Waals surface area contributed by atoms with E-state index < -0.39 is 5.41 Å². The normalized spacial score (nSPS) is 14.6. The molecule has 4 aromatic rings. The first-order valence-corrected chi connectivity index (χ1v) is 10.5. The Hall–Kier alpha value is -2.50. The molecule has 0 amide bonds. The third kappa shape index (κ3) is 1.98. The fourth-order valence-electron chi connectivity index (χ4n) is 4.55. The first-order valence-electron chi connectivity index (χ1n) is 8.89. The number of fused-ring (bicyclic) bond motifs is 9. The zero-order valence-electron chi connectivity index (χ0n) is 14.5. The lowest BCUT2D eigenvalue weighted by atomic mass is 9.66. The van der Waals surface area contributed by atoms with Crippen LogP contribution in [0.25, 0.3) is 11.4 Å². The van der Waals surface area contributed by atoms with E-state index in [2.05, 4.69) is 68.3 Å². The van der Waals surface area contributed by atoms with Gasteiger partial charge in [0.1, 0.15) is 11.5 Å². The molecule has 3 heterocycles. The number of hydrogen-bond donors (Lipinski definition) is 0. The third-order valence-electron chi connectivity index (χ3n) is 5.54. The maximum absolute atomic E-state index is 6.29. The van der Waals surface area contributed by atoms with Gasteiger partial charge in [0.05, 0.1) is 16.8 Å². The fraction of sp³-hybridized carbons (Fsp3) is 0.0435. The summed E-state index contributed by atoms with van der Waals surface area (Å²) in [5, 5.41) is 0. The maximum atomic E-state index is 6.29. The lowest BCUT2D eigenvalue weighted by molar-refractivity contribution is 0.436. The van der Waals surface area contributed by atoms with E-state index in [-0.39, 0.29) is 0 Å². The molecule has 1 spiro atoms. The van der Waals surface area contributed by atoms with Gasteiger partial charge in [-0.25, -0.2) is 0 Å². The molecule has 3 nitrogen and oxygen atoms in total. The average molecular weight is 492 g/mol. The molecule has 5 heteroatoms. The highest BCUT2D eigenvalue weighted by atomic mass is 79.9. The van der Waals surface area contributed by atoms with Gasteiger partial charge in [0.2, 0.25) is 0 Å². The second kappa shape index (κ2) is 5.75. The van der Waals surface area contributed by atoms with Crippen LogP contribution in [-0.2, 0) is 5.41 Å². The number of hydrogen-bond acceptors (Lipinski definition) is 3. The Kier molecular flexibility index (Phi) is 3.38. The van der Waals surface area contributed by atoms with Gasteiger partial charge in [-0.15, -0.1) is 0 Å². The highest BCUT2D eigenvalue weighted by molar-refractivity contribution is 9.10. The average Bonchev–Trinajstić information content (AvgIpc) is 2.98. The van der Waals surface area contributed by atoms with Crippen molar-refractivity contribution in [2.75, 3.05) is 0 Å². The molecule has 2 aromatic carbocycles. The van der Waals surface area contributed by atoms with E-state index in [0.717, 1.165) is 54.1 Å². The monoisotopic (exact) mass is 490 g/mol. The lowest BCUT2D eigenvalue weighted by Gasteiger charge is -2.38. The van der Waals surface area contributed by atoms with Crippen LogP contribution in [0, 0.1) is 0 Å². The van der Waals surface area contributed by atoms with Gasteiger partial charge in [-0.3, -0.25) is 9.97 Å². The summed E-state index contributed by atoms with van der Waals surface area (Å²) < 4.78 is 8.18. The van der Waals surface area contributed by atoms with Crippen molar-refractivity contribution in [3.8, 4) is 22.9 Å².